The maximum absolute atomic E-state index is 12.3. The predicted molar refractivity (Wildman–Crippen MR) is 92.0 cm³/mol. The summed E-state index contributed by atoms with van der Waals surface area (Å²) in [4.78, 5) is 20.4. The van der Waals surface area contributed by atoms with Crippen LogP contribution in [-0.2, 0) is 0 Å². The van der Waals surface area contributed by atoms with E-state index in [-0.39, 0.29) is 11.6 Å². The highest BCUT2D eigenvalue weighted by atomic mass is 35.5. The lowest BCUT2D eigenvalue weighted by atomic mass is 10.1. The average molecular weight is 343 g/mol. The smallest absolute Gasteiger partial charge is 0.273 e. The monoisotopic (exact) mass is 342 g/mol. The molecule has 0 bridgehead atoms. The lowest BCUT2D eigenvalue weighted by Gasteiger charge is -2.07. The Labute approximate surface area is 143 Å². The molecule has 0 fully saturated rings. The Morgan fingerprint density at radius 1 is 1.08 bits per heavy atom. The molecule has 7 heteroatoms. The third kappa shape index (κ3) is 3.72. The first-order valence-electron chi connectivity index (χ1n) is 7.37. The van der Waals surface area contributed by atoms with Crippen molar-refractivity contribution in [2.45, 2.75) is 0 Å². The second-order valence-electron chi connectivity index (χ2n) is 4.91. The molecule has 3 rings (SSSR count). The van der Waals surface area contributed by atoms with Crippen molar-refractivity contribution in [1.29, 1.82) is 0 Å². The van der Waals surface area contributed by atoms with Gasteiger partial charge >= 0.3 is 0 Å². The van der Waals surface area contributed by atoms with Crippen LogP contribution in [0.4, 0.5) is 5.82 Å². The van der Waals surface area contributed by atoms with Crippen molar-refractivity contribution < 1.29 is 9.21 Å². The predicted octanol–water partition coefficient (Wildman–Crippen LogP) is 3.23. The van der Waals surface area contributed by atoms with Gasteiger partial charge in [0.2, 0.25) is 0 Å². The lowest BCUT2D eigenvalue weighted by Crippen LogP contribution is -2.29. The Hall–Kier alpha value is -2.86. The van der Waals surface area contributed by atoms with Crippen molar-refractivity contribution in [1.82, 2.24) is 15.3 Å². The minimum absolute atomic E-state index is 0.209. The molecule has 0 radical (unpaired) electrons. The summed E-state index contributed by atoms with van der Waals surface area (Å²) in [6, 6.07) is 12.7. The number of amides is 1. The number of hydrogen-bond acceptors (Lipinski definition) is 5. The van der Waals surface area contributed by atoms with Crippen LogP contribution >= 0.6 is 11.6 Å². The number of anilines is 1. The van der Waals surface area contributed by atoms with Gasteiger partial charge in [0, 0.05) is 24.8 Å². The van der Waals surface area contributed by atoms with E-state index in [4.69, 9.17) is 16.0 Å². The van der Waals surface area contributed by atoms with E-state index in [1.54, 1.807) is 18.3 Å². The zero-order valence-electron chi connectivity index (χ0n) is 12.7. The topological polar surface area (TPSA) is 80.0 Å². The number of benzene rings is 1. The maximum Gasteiger partial charge on any atom is 0.273 e. The fraction of sp³-hybridized carbons (Fsp3) is 0.118. The molecule has 3 aromatic rings. The Morgan fingerprint density at radius 2 is 1.92 bits per heavy atom. The number of nitrogens with zero attached hydrogens (tertiary/aromatic N) is 2. The first-order chi connectivity index (χ1) is 11.8. The third-order valence-corrected chi connectivity index (χ3v) is 3.61. The number of nitrogens with one attached hydrogen (secondary N) is 2. The van der Waals surface area contributed by atoms with Crippen LogP contribution in [0.2, 0.25) is 5.02 Å². The minimum atomic E-state index is -0.318. The quantitative estimate of drug-likeness (QED) is 0.672. The van der Waals surface area contributed by atoms with Gasteiger partial charge in [-0.2, -0.15) is 0 Å². The summed E-state index contributed by atoms with van der Waals surface area (Å²) in [6.45, 7) is 0.965. The zero-order valence-corrected chi connectivity index (χ0v) is 13.5. The molecule has 0 aliphatic carbocycles. The molecule has 0 spiro atoms. The molecule has 0 atom stereocenters. The van der Waals surface area contributed by atoms with Crippen LogP contribution in [-0.4, -0.2) is 29.0 Å². The Balaban J connectivity index is 1.60. The van der Waals surface area contributed by atoms with Crippen LogP contribution < -0.4 is 10.6 Å². The van der Waals surface area contributed by atoms with E-state index in [0.717, 1.165) is 5.82 Å². The first kappa shape index (κ1) is 16.0. The van der Waals surface area contributed by atoms with E-state index < -0.39 is 0 Å². The molecule has 2 heterocycles. The third-order valence-electron chi connectivity index (χ3n) is 3.28. The summed E-state index contributed by atoms with van der Waals surface area (Å²) >= 11 is 6.15. The van der Waals surface area contributed by atoms with Gasteiger partial charge in [0.1, 0.15) is 5.82 Å². The molecule has 122 valence electrons. The number of halogens is 1. The van der Waals surface area contributed by atoms with Crippen LogP contribution in [0.15, 0.2) is 59.5 Å². The van der Waals surface area contributed by atoms with Gasteiger partial charge in [-0.1, -0.05) is 29.8 Å². The first-order valence-corrected chi connectivity index (χ1v) is 7.75. The number of carbonyl (C=O) groups is 1. The number of pyridine rings is 1. The second kappa shape index (κ2) is 7.61. The van der Waals surface area contributed by atoms with E-state index in [0.29, 0.717) is 29.4 Å². The highest BCUT2D eigenvalue weighted by molar-refractivity contribution is 6.33. The van der Waals surface area contributed by atoms with Crippen molar-refractivity contribution in [2.24, 2.45) is 0 Å². The molecule has 0 unspecified atom stereocenters. The van der Waals surface area contributed by atoms with Crippen molar-refractivity contribution in [3.8, 4) is 11.3 Å². The molecule has 0 saturated carbocycles. The van der Waals surface area contributed by atoms with Gasteiger partial charge in [0.05, 0.1) is 5.02 Å². The molecule has 0 aliphatic rings. The van der Waals surface area contributed by atoms with Crippen molar-refractivity contribution in [3.63, 3.8) is 0 Å². The number of carbonyl (C=O) groups excluding carboxylic acids is 1. The fourth-order valence-electron chi connectivity index (χ4n) is 2.16. The van der Waals surface area contributed by atoms with E-state index in [9.17, 15) is 4.79 Å². The number of oxazole rings is 1. The molecule has 24 heavy (non-hydrogen) atoms. The van der Waals surface area contributed by atoms with E-state index in [2.05, 4.69) is 20.6 Å². The SMILES string of the molecule is O=C(NCCNc1ccccn1)c1ncoc1-c1ccccc1Cl. The van der Waals surface area contributed by atoms with Gasteiger partial charge < -0.3 is 15.1 Å². The van der Waals surface area contributed by atoms with Gasteiger partial charge in [-0.25, -0.2) is 9.97 Å². The summed E-state index contributed by atoms with van der Waals surface area (Å²) in [5.41, 5.74) is 0.842. The largest absolute Gasteiger partial charge is 0.443 e. The van der Waals surface area contributed by atoms with Crippen LogP contribution in [0.1, 0.15) is 10.5 Å². The average Bonchev–Trinajstić information content (AvgIpc) is 3.09. The minimum Gasteiger partial charge on any atom is -0.443 e. The second-order valence-corrected chi connectivity index (χ2v) is 5.31. The van der Waals surface area contributed by atoms with Crippen molar-refractivity contribution in [2.75, 3.05) is 18.4 Å². The normalized spacial score (nSPS) is 10.4. The van der Waals surface area contributed by atoms with Crippen LogP contribution in [0, 0.1) is 0 Å². The summed E-state index contributed by atoms with van der Waals surface area (Å²) in [5, 5.41) is 6.40. The van der Waals surface area contributed by atoms with E-state index >= 15 is 0 Å². The highest BCUT2D eigenvalue weighted by Gasteiger charge is 2.19. The number of aromatic nitrogens is 2. The molecule has 0 aliphatic heterocycles. The molecule has 2 aromatic heterocycles. The molecule has 1 aromatic carbocycles. The standard InChI is InChI=1S/C17H15ClN4O2/c18-13-6-2-1-5-12(13)16-15(22-11-24-16)17(23)21-10-9-20-14-7-3-4-8-19-14/h1-8,11H,9-10H2,(H,19,20)(H,21,23). The van der Waals surface area contributed by atoms with Crippen LogP contribution in [0.3, 0.4) is 0 Å². The van der Waals surface area contributed by atoms with Crippen LogP contribution in [0.5, 0.6) is 0 Å². The number of rotatable bonds is 6. The molecular formula is C17H15ClN4O2. The molecular weight excluding hydrogens is 328 g/mol. The molecule has 2 N–H and O–H groups in total. The molecule has 6 nitrogen and oxygen atoms in total. The summed E-state index contributed by atoms with van der Waals surface area (Å²) in [6.07, 6.45) is 2.94. The van der Waals surface area contributed by atoms with Gasteiger partial charge in [-0.05, 0) is 24.3 Å². The van der Waals surface area contributed by atoms with Crippen molar-refractivity contribution >= 4 is 23.3 Å². The van der Waals surface area contributed by atoms with E-state index in [1.807, 2.05) is 30.3 Å². The maximum atomic E-state index is 12.3. The Kier molecular flexibility index (Phi) is 5.08. The number of hydrogen-bond donors (Lipinski definition) is 2. The van der Waals surface area contributed by atoms with Gasteiger partial charge in [-0.15, -0.1) is 0 Å². The summed E-state index contributed by atoms with van der Waals surface area (Å²) < 4.78 is 5.35. The van der Waals surface area contributed by atoms with E-state index in [1.165, 1.54) is 6.39 Å². The lowest BCUT2D eigenvalue weighted by molar-refractivity contribution is 0.0951. The Morgan fingerprint density at radius 3 is 2.71 bits per heavy atom. The highest BCUT2D eigenvalue weighted by Crippen LogP contribution is 2.29. The van der Waals surface area contributed by atoms with Gasteiger partial charge in [-0.3, -0.25) is 4.79 Å². The molecule has 1 amide bonds. The molecule has 0 saturated heterocycles. The zero-order chi connectivity index (χ0) is 16.8. The fourth-order valence-corrected chi connectivity index (χ4v) is 2.38. The van der Waals surface area contributed by atoms with Gasteiger partial charge in [0.25, 0.3) is 5.91 Å². The Bertz CT molecular complexity index is 820. The van der Waals surface area contributed by atoms with Gasteiger partial charge in [0.15, 0.2) is 17.8 Å². The summed E-state index contributed by atoms with van der Waals surface area (Å²) in [5.74, 6) is 0.794. The summed E-state index contributed by atoms with van der Waals surface area (Å²) in [7, 11) is 0. The van der Waals surface area contributed by atoms with Crippen molar-refractivity contribution in [3.05, 3.63) is 65.8 Å². The van der Waals surface area contributed by atoms with Crippen LogP contribution in [0.25, 0.3) is 11.3 Å².